The molecular formula is C5H9NO4S. The number of methoxy groups -OCH3 is 1. The maximum atomic E-state index is 11.0. The number of rotatable bonds is 0. The molecule has 0 radical (unpaired) electrons. The molecule has 5 nitrogen and oxygen atoms in total. The van der Waals surface area contributed by atoms with Gasteiger partial charge in [-0.15, -0.1) is 0 Å². The molecule has 1 atom stereocenters. The topological polar surface area (TPSA) is 63.7 Å². The largest absolute Gasteiger partial charge is 0.452 e. The minimum atomic E-state index is -3.35. The van der Waals surface area contributed by atoms with Crippen LogP contribution in [0.3, 0.4) is 0 Å². The average molecular weight is 179 g/mol. The van der Waals surface area contributed by atoms with Gasteiger partial charge < -0.3 is 4.74 Å². The summed E-state index contributed by atoms with van der Waals surface area (Å²) in [5.41, 5.74) is 0. The van der Waals surface area contributed by atoms with Crippen molar-refractivity contribution >= 4 is 16.1 Å². The van der Waals surface area contributed by atoms with E-state index in [0.717, 1.165) is 11.4 Å². The maximum Gasteiger partial charge on any atom is 0.423 e. The molecule has 0 unspecified atom stereocenters. The zero-order valence-corrected chi connectivity index (χ0v) is 7.09. The second-order valence-corrected chi connectivity index (χ2v) is 4.63. The average Bonchev–Trinajstić information content (AvgIpc) is 1.98. The van der Waals surface area contributed by atoms with Crippen LogP contribution in [0.4, 0.5) is 4.79 Å². The van der Waals surface area contributed by atoms with Crippen molar-refractivity contribution in [3.63, 3.8) is 0 Å². The molecule has 0 aromatic heterocycles. The molecule has 1 aliphatic rings. The number of nitrogens with zero attached hydrogens (tertiary/aromatic N) is 1. The van der Waals surface area contributed by atoms with E-state index in [1.165, 1.54) is 0 Å². The lowest BCUT2D eigenvalue weighted by Crippen LogP contribution is -2.56. The van der Waals surface area contributed by atoms with Gasteiger partial charge in [0.2, 0.25) is 10.0 Å². The summed E-state index contributed by atoms with van der Waals surface area (Å²) < 4.78 is 26.9. The van der Waals surface area contributed by atoms with Gasteiger partial charge in [-0.2, -0.15) is 0 Å². The molecule has 1 amide bonds. The Bertz CT molecular complexity index is 270. The molecule has 1 aliphatic heterocycles. The number of hydrogen-bond donors (Lipinski definition) is 0. The smallest absolute Gasteiger partial charge is 0.423 e. The normalized spacial score (nSPS) is 27.5. The molecule has 1 saturated heterocycles. The molecule has 11 heavy (non-hydrogen) atoms. The Hall–Kier alpha value is -0.780. The molecule has 0 bridgehead atoms. The molecule has 6 heteroatoms. The summed E-state index contributed by atoms with van der Waals surface area (Å²) in [7, 11) is -2.20. The van der Waals surface area contributed by atoms with Gasteiger partial charge in [-0.05, 0) is 6.92 Å². The molecule has 1 fully saturated rings. The van der Waals surface area contributed by atoms with Crippen LogP contribution < -0.4 is 0 Å². The van der Waals surface area contributed by atoms with Crippen LogP contribution in [-0.4, -0.2) is 37.7 Å². The minimum absolute atomic E-state index is 0.231. The summed E-state index contributed by atoms with van der Waals surface area (Å²) in [6.45, 7) is 1.78. The van der Waals surface area contributed by atoms with Crippen LogP contribution in [0.5, 0.6) is 0 Å². The summed E-state index contributed by atoms with van der Waals surface area (Å²) in [5.74, 6) is 0. The van der Waals surface area contributed by atoms with E-state index in [4.69, 9.17) is 0 Å². The molecule has 1 heterocycles. The van der Waals surface area contributed by atoms with E-state index in [9.17, 15) is 13.2 Å². The predicted molar refractivity (Wildman–Crippen MR) is 37.5 cm³/mol. The van der Waals surface area contributed by atoms with Crippen LogP contribution in [-0.2, 0) is 14.8 Å². The highest BCUT2D eigenvalue weighted by atomic mass is 32.2. The van der Waals surface area contributed by atoms with Crippen LogP contribution in [0.1, 0.15) is 6.92 Å². The monoisotopic (exact) mass is 179 g/mol. The fourth-order valence-electron chi connectivity index (χ4n) is 0.844. The van der Waals surface area contributed by atoms with Crippen LogP contribution in [0.25, 0.3) is 0 Å². The maximum absolute atomic E-state index is 11.0. The lowest BCUT2D eigenvalue weighted by molar-refractivity contribution is 0.143. The van der Waals surface area contributed by atoms with Crippen LogP contribution in [0, 0.1) is 0 Å². The van der Waals surface area contributed by atoms with Gasteiger partial charge in [-0.25, -0.2) is 17.5 Å². The van der Waals surface area contributed by atoms with E-state index in [0.29, 0.717) is 0 Å². The Kier molecular flexibility index (Phi) is 1.79. The quantitative estimate of drug-likeness (QED) is 0.516. The van der Waals surface area contributed by atoms with Gasteiger partial charge in [-0.1, -0.05) is 0 Å². The van der Waals surface area contributed by atoms with Crippen molar-refractivity contribution in [2.75, 3.05) is 13.7 Å². The zero-order valence-electron chi connectivity index (χ0n) is 6.27. The molecular weight excluding hydrogens is 170 g/mol. The van der Waals surface area contributed by atoms with E-state index in [-0.39, 0.29) is 6.54 Å². The minimum Gasteiger partial charge on any atom is -0.452 e. The second-order valence-electron chi connectivity index (χ2n) is 2.36. The molecule has 0 aliphatic carbocycles. The first-order valence-corrected chi connectivity index (χ1v) is 4.60. The van der Waals surface area contributed by atoms with Crippen LogP contribution in [0.15, 0.2) is 0 Å². The molecule has 0 aromatic carbocycles. The Labute approximate surface area is 65.0 Å². The van der Waals surface area contributed by atoms with Crippen molar-refractivity contribution in [2.45, 2.75) is 12.2 Å². The van der Waals surface area contributed by atoms with E-state index < -0.39 is 21.4 Å². The third kappa shape index (κ3) is 1.07. The van der Waals surface area contributed by atoms with E-state index in [1.807, 2.05) is 0 Å². The van der Waals surface area contributed by atoms with Gasteiger partial charge >= 0.3 is 6.09 Å². The van der Waals surface area contributed by atoms with Crippen molar-refractivity contribution in [3.8, 4) is 0 Å². The van der Waals surface area contributed by atoms with Crippen molar-refractivity contribution in [3.05, 3.63) is 0 Å². The summed E-state index contributed by atoms with van der Waals surface area (Å²) >= 11 is 0. The van der Waals surface area contributed by atoms with E-state index in [1.54, 1.807) is 6.92 Å². The molecule has 1 rings (SSSR count). The van der Waals surface area contributed by atoms with Crippen molar-refractivity contribution in [1.29, 1.82) is 0 Å². The first-order valence-electron chi connectivity index (χ1n) is 3.09. The van der Waals surface area contributed by atoms with Crippen molar-refractivity contribution in [2.24, 2.45) is 0 Å². The number of carbonyl (C=O) groups excluding carboxylic acids is 1. The highest BCUT2D eigenvalue weighted by Crippen LogP contribution is 2.21. The number of ether oxygens (including phenoxy) is 1. The van der Waals surface area contributed by atoms with E-state index in [2.05, 4.69) is 4.74 Å². The molecule has 0 saturated carbocycles. The van der Waals surface area contributed by atoms with Crippen LogP contribution >= 0.6 is 0 Å². The Balaban J connectivity index is 2.76. The fraction of sp³-hybridized carbons (Fsp3) is 0.800. The van der Waals surface area contributed by atoms with Crippen molar-refractivity contribution < 1.29 is 17.9 Å². The fourth-order valence-corrected chi connectivity index (χ4v) is 2.07. The molecule has 0 N–H and O–H groups in total. The van der Waals surface area contributed by atoms with Gasteiger partial charge in [0.1, 0.15) is 0 Å². The highest BCUT2D eigenvalue weighted by molar-refractivity contribution is 7.91. The first kappa shape index (κ1) is 8.32. The SMILES string of the molecule is COC(=O)N1C[C@@H](C)S1(=O)=O. The number of sulfonamides is 1. The summed E-state index contributed by atoms with van der Waals surface area (Å²) in [4.78, 5) is 10.7. The molecule has 0 spiro atoms. The third-order valence-electron chi connectivity index (χ3n) is 1.62. The van der Waals surface area contributed by atoms with Gasteiger partial charge in [-0.3, -0.25) is 0 Å². The molecule has 64 valence electrons. The zero-order chi connectivity index (χ0) is 8.65. The van der Waals surface area contributed by atoms with Gasteiger partial charge in [0.25, 0.3) is 0 Å². The highest BCUT2D eigenvalue weighted by Gasteiger charge is 2.44. The molecule has 0 aromatic rings. The lowest BCUT2D eigenvalue weighted by atomic mass is 10.5. The Morgan fingerprint density at radius 1 is 1.64 bits per heavy atom. The standard InChI is InChI=1S/C5H9NO4S/c1-4-3-6(5(7)10-2)11(4,8)9/h4H,3H2,1-2H3/t4-/m1/s1. The third-order valence-corrected chi connectivity index (χ3v) is 3.70. The summed E-state index contributed by atoms with van der Waals surface area (Å²) in [6.07, 6.45) is -0.803. The summed E-state index contributed by atoms with van der Waals surface area (Å²) in [6, 6.07) is 0. The number of carbonyl (C=O) groups is 1. The Morgan fingerprint density at radius 3 is 2.45 bits per heavy atom. The number of amides is 1. The van der Waals surface area contributed by atoms with Gasteiger partial charge in [0.15, 0.2) is 0 Å². The summed E-state index contributed by atoms with van der Waals surface area (Å²) in [5, 5.41) is -0.457. The van der Waals surface area contributed by atoms with E-state index >= 15 is 0 Å². The predicted octanol–water partition coefficient (Wildman–Crippen LogP) is -0.213. The van der Waals surface area contributed by atoms with Crippen LogP contribution in [0.2, 0.25) is 0 Å². The van der Waals surface area contributed by atoms with Crippen molar-refractivity contribution in [1.82, 2.24) is 4.31 Å². The lowest BCUT2D eigenvalue weighted by Gasteiger charge is -2.34. The second kappa shape index (κ2) is 2.37. The van der Waals surface area contributed by atoms with Gasteiger partial charge in [0.05, 0.1) is 18.9 Å². The Morgan fingerprint density at radius 2 is 2.18 bits per heavy atom. The first-order chi connectivity index (χ1) is 5.00. The van der Waals surface area contributed by atoms with Gasteiger partial charge in [0, 0.05) is 0 Å². The number of hydrogen-bond acceptors (Lipinski definition) is 4.